The lowest BCUT2D eigenvalue weighted by molar-refractivity contribution is -0.116. The Labute approximate surface area is 254 Å². The fourth-order valence-corrected chi connectivity index (χ4v) is 4.96. The van der Waals surface area contributed by atoms with Gasteiger partial charge in [-0.15, -0.1) is 0 Å². The molecule has 2 unspecified atom stereocenters. The van der Waals surface area contributed by atoms with Crippen molar-refractivity contribution in [3.63, 3.8) is 0 Å². The van der Waals surface area contributed by atoms with E-state index in [9.17, 15) is 15.0 Å². The van der Waals surface area contributed by atoms with Crippen LogP contribution in [0.3, 0.4) is 0 Å². The summed E-state index contributed by atoms with van der Waals surface area (Å²) in [5, 5.41) is 24.8. The van der Waals surface area contributed by atoms with Crippen molar-refractivity contribution in [1.82, 2.24) is 5.32 Å². The lowest BCUT2D eigenvalue weighted by atomic mass is 9.78. The Hall–Kier alpha value is -3.15. The fraction of sp³-hybridized carbons (Fsp3) is 0.583. The Balaban J connectivity index is 2.11. The highest BCUT2D eigenvalue weighted by Crippen LogP contribution is 2.41. The molecule has 42 heavy (non-hydrogen) atoms. The van der Waals surface area contributed by atoms with Gasteiger partial charge in [-0.3, -0.25) is 4.79 Å². The summed E-state index contributed by atoms with van der Waals surface area (Å²) in [4.78, 5) is 12.7. The van der Waals surface area contributed by atoms with Gasteiger partial charge in [-0.1, -0.05) is 80.4 Å². The number of amides is 1. The molecule has 1 amide bonds. The molecule has 0 saturated carbocycles. The molecule has 6 heteroatoms. The van der Waals surface area contributed by atoms with E-state index < -0.39 is 0 Å². The smallest absolute Gasteiger partial charge is 0.243 e. The van der Waals surface area contributed by atoms with Crippen LogP contribution in [0.15, 0.2) is 30.3 Å². The number of carbonyl (C=O) groups excluding carboxylic acids is 1. The topological polar surface area (TPSA) is 88.0 Å². The molecule has 0 saturated heterocycles. The van der Waals surface area contributed by atoms with E-state index in [1.54, 1.807) is 18.2 Å². The van der Waals surface area contributed by atoms with Gasteiger partial charge in [0, 0.05) is 12.6 Å². The molecule has 6 nitrogen and oxygen atoms in total. The summed E-state index contributed by atoms with van der Waals surface area (Å²) in [6.45, 7) is 21.3. The van der Waals surface area contributed by atoms with Crippen LogP contribution in [0, 0.1) is 0 Å². The van der Waals surface area contributed by atoms with Crippen molar-refractivity contribution in [2.45, 2.75) is 131 Å². The minimum Gasteiger partial charge on any atom is -0.507 e. The predicted molar refractivity (Wildman–Crippen MR) is 174 cm³/mol. The monoisotopic (exact) mass is 581 g/mol. The molecule has 2 rings (SSSR count). The third-order valence-electron chi connectivity index (χ3n) is 7.26. The number of ether oxygens (including phenoxy) is 2. The molecule has 2 aromatic rings. The minimum atomic E-state index is -0.191. The summed E-state index contributed by atoms with van der Waals surface area (Å²) in [7, 11) is 0. The van der Waals surface area contributed by atoms with Gasteiger partial charge in [-0.25, -0.2) is 0 Å². The molecule has 0 aromatic heterocycles. The number of rotatable bonds is 14. The van der Waals surface area contributed by atoms with E-state index in [4.69, 9.17) is 9.47 Å². The van der Waals surface area contributed by atoms with Crippen LogP contribution in [0.5, 0.6) is 23.0 Å². The van der Waals surface area contributed by atoms with Crippen LogP contribution in [0.2, 0.25) is 0 Å². The average Bonchev–Trinajstić information content (AvgIpc) is 2.87. The van der Waals surface area contributed by atoms with Crippen LogP contribution in [0.4, 0.5) is 0 Å². The molecule has 3 N–H and O–H groups in total. The van der Waals surface area contributed by atoms with E-state index in [2.05, 4.69) is 72.8 Å². The molecular weight excluding hydrogens is 526 g/mol. The molecule has 0 spiro atoms. The Morgan fingerprint density at radius 1 is 0.833 bits per heavy atom. The van der Waals surface area contributed by atoms with Gasteiger partial charge in [0.15, 0.2) is 11.5 Å². The third kappa shape index (κ3) is 10.6. The van der Waals surface area contributed by atoms with Crippen molar-refractivity contribution in [3.05, 3.63) is 52.6 Å². The van der Waals surface area contributed by atoms with Gasteiger partial charge in [-0.2, -0.15) is 0 Å². The largest absolute Gasteiger partial charge is 0.507 e. The highest BCUT2D eigenvalue weighted by Gasteiger charge is 2.26. The van der Waals surface area contributed by atoms with E-state index >= 15 is 0 Å². The number of aromatic hydroxyl groups is 2. The van der Waals surface area contributed by atoms with Crippen LogP contribution < -0.4 is 14.8 Å². The Bertz CT molecular complexity index is 1130. The predicted octanol–water partition coefficient (Wildman–Crippen LogP) is 8.59. The van der Waals surface area contributed by atoms with Crippen molar-refractivity contribution >= 4 is 12.0 Å². The second-order valence-corrected chi connectivity index (χ2v) is 13.6. The van der Waals surface area contributed by atoms with Gasteiger partial charge in [0.05, 0.1) is 12.2 Å². The first-order valence-corrected chi connectivity index (χ1v) is 15.6. The van der Waals surface area contributed by atoms with Crippen LogP contribution in [-0.2, 0) is 22.0 Å². The standard InChI is InChI=1S/C36H55NO5/c1-11-14-24(3)41-30-22-27(23-31(34(30)40)42-25(4)15-12-2)17-18-32(38)37-19-13-16-26-20-28(35(5,6)7)33(39)29(21-26)36(8,9)10/h17-18,20-25,39-40H,11-16,19H2,1-10H3,(H,37,38)/b18-17+. The summed E-state index contributed by atoms with van der Waals surface area (Å²) in [6.07, 6.45) is 8.34. The van der Waals surface area contributed by atoms with E-state index in [0.29, 0.717) is 29.4 Å². The van der Waals surface area contributed by atoms with Crippen molar-refractivity contribution in [2.24, 2.45) is 0 Å². The van der Waals surface area contributed by atoms with Crippen molar-refractivity contribution in [2.75, 3.05) is 6.54 Å². The maximum atomic E-state index is 12.7. The van der Waals surface area contributed by atoms with E-state index in [-0.39, 0.29) is 34.7 Å². The highest BCUT2D eigenvalue weighted by atomic mass is 16.5. The summed E-state index contributed by atoms with van der Waals surface area (Å²) in [5.41, 5.74) is 3.42. The zero-order chi connectivity index (χ0) is 31.7. The number of hydrogen-bond donors (Lipinski definition) is 3. The van der Waals surface area contributed by atoms with Crippen LogP contribution in [0.25, 0.3) is 6.08 Å². The summed E-state index contributed by atoms with van der Waals surface area (Å²) < 4.78 is 12.0. The van der Waals surface area contributed by atoms with Crippen LogP contribution in [0.1, 0.15) is 124 Å². The number of nitrogens with one attached hydrogen (secondary N) is 1. The molecule has 0 aliphatic heterocycles. The first-order chi connectivity index (χ1) is 19.6. The minimum absolute atomic E-state index is 0.0130. The van der Waals surface area contributed by atoms with Gasteiger partial charge >= 0.3 is 0 Å². The Morgan fingerprint density at radius 3 is 1.74 bits per heavy atom. The van der Waals surface area contributed by atoms with Gasteiger partial charge in [0.25, 0.3) is 0 Å². The maximum absolute atomic E-state index is 12.7. The zero-order valence-corrected chi connectivity index (χ0v) is 27.7. The summed E-state index contributed by atoms with van der Waals surface area (Å²) in [6, 6.07) is 7.68. The molecule has 234 valence electrons. The lowest BCUT2D eigenvalue weighted by Crippen LogP contribution is -2.22. The molecule has 0 radical (unpaired) electrons. The lowest BCUT2D eigenvalue weighted by Gasteiger charge is -2.28. The second-order valence-electron chi connectivity index (χ2n) is 13.6. The number of aryl methyl sites for hydroxylation is 1. The highest BCUT2D eigenvalue weighted by molar-refractivity contribution is 5.91. The van der Waals surface area contributed by atoms with Crippen LogP contribution >= 0.6 is 0 Å². The first-order valence-electron chi connectivity index (χ1n) is 15.6. The second kappa shape index (κ2) is 15.4. The van der Waals surface area contributed by atoms with E-state index in [1.807, 2.05) is 13.8 Å². The molecule has 0 fully saturated rings. The number of benzene rings is 2. The fourth-order valence-electron chi connectivity index (χ4n) is 4.96. The van der Waals surface area contributed by atoms with Gasteiger partial charge in [0.1, 0.15) is 5.75 Å². The first kappa shape index (κ1) is 35.0. The normalized spacial score (nSPS) is 13.7. The number of hydrogen-bond acceptors (Lipinski definition) is 5. The summed E-state index contributed by atoms with van der Waals surface area (Å²) in [5.74, 6) is 0.892. The van der Waals surface area contributed by atoms with Crippen molar-refractivity contribution in [1.29, 1.82) is 0 Å². The summed E-state index contributed by atoms with van der Waals surface area (Å²) >= 11 is 0. The molecule has 0 aliphatic rings. The molecule has 0 heterocycles. The molecular formula is C36H55NO5. The molecule has 0 bridgehead atoms. The van der Waals surface area contributed by atoms with E-state index in [1.165, 1.54) is 6.08 Å². The van der Waals surface area contributed by atoms with Crippen molar-refractivity contribution in [3.8, 4) is 23.0 Å². The zero-order valence-electron chi connectivity index (χ0n) is 27.7. The van der Waals surface area contributed by atoms with E-state index in [0.717, 1.165) is 55.2 Å². The van der Waals surface area contributed by atoms with Gasteiger partial charge in [-0.05, 0) is 90.8 Å². The SMILES string of the molecule is CCCC(C)Oc1cc(/C=C/C(=O)NCCCc2cc(C(C)(C)C)c(O)c(C(C)(C)C)c2)cc(OC(C)CCC)c1O. The maximum Gasteiger partial charge on any atom is 0.243 e. The molecule has 2 aromatic carbocycles. The molecule has 2 atom stereocenters. The quantitative estimate of drug-likeness (QED) is 0.154. The van der Waals surface area contributed by atoms with Crippen molar-refractivity contribution < 1.29 is 24.5 Å². The average molecular weight is 582 g/mol. The number of phenols is 2. The molecule has 0 aliphatic carbocycles. The van der Waals surface area contributed by atoms with Gasteiger partial charge in [0.2, 0.25) is 11.7 Å². The number of carbonyl (C=O) groups is 1. The van der Waals surface area contributed by atoms with Crippen LogP contribution in [-0.4, -0.2) is 34.9 Å². The Kier molecular flexibility index (Phi) is 12.8. The third-order valence-corrected chi connectivity index (χ3v) is 7.26. The van der Waals surface area contributed by atoms with Gasteiger partial charge < -0.3 is 25.0 Å². The number of phenolic OH excluding ortho intramolecular Hbond substituents is 2. The Morgan fingerprint density at radius 2 is 1.31 bits per heavy atom.